The maximum Gasteiger partial charge on any atom is 0.298 e. The fourth-order valence-corrected chi connectivity index (χ4v) is 9.21. The number of hydrogen-bond donors (Lipinski definition) is 3. The lowest BCUT2D eigenvalue weighted by molar-refractivity contribution is -0.123. The highest BCUT2D eigenvalue weighted by Crippen LogP contribution is 2.36. The first-order valence-corrected chi connectivity index (χ1v) is 22.8. The summed E-state index contributed by atoms with van der Waals surface area (Å²) in [5.41, 5.74) is 3.70. The second-order valence-corrected chi connectivity index (χ2v) is 17.2. The van der Waals surface area contributed by atoms with Gasteiger partial charge in [-0.2, -0.15) is 5.54 Å². The Morgan fingerprint density at radius 2 is 1.71 bits per heavy atom. The second kappa shape index (κ2) is 24.2. The number of rotatable bonds is 17. The van der Waals surface area contributed by atoms with Crippen molar-refractivity contribution in [2.45, 2.75) is 89.1 Å². The van der Waals surface area contributed by atoms with Crippen molar-refractivity contribution in [3.8, 4) is 22.7 Å². The number of anilines is 3. The summed E-state index contributed by atoms with van der Waals surface area (Å²) in [4.78, 5) is 62.4. The Labute approximate surface area is 380 Å². The maximum absolute atomic E-state index is 13.9. The molecule has 2 amide bonds. The number of carbonyl (C=O) groups excluding carboxylic acids is 3. The van der Waals surface area contributed by atoms with E-state index in [9.17, 15) is 28.0 Å². The van der Waals surface area contributed by atoms with Gasteiger partial charge < -0.3 is 30.1 Å². The fraction of sp³-hybridized carbons (Fsp3) is 0.469. The molecule has 348 valence electrons. The van der Waals surface area contributed by atoms with E-state index in [0.29, 0.717) is 66.3 Å². The molecule has 2 aromatic carbocycles. The number of amides is 2. The van der Waals surface area contributed by atoms with Crippen molar-refractivity contribution >= 4 is 35.6 Å². The summed E-state index contributed by atoms with van der Waals surface area (Å²) >= 11 is 0. The molecule has 1 saturated carbocycles. The van der Waals surface area contributed by atoms with Gasteiger partial charge in [-0.25, -0.2) is 14.4 Å². The first-order valence-electron chi connectivity index (χ1n) is 22.8. The summed E-state index contributed by atoms with van der Waals surface area (Å²) in [7, 11) is 3.49. The van der Waals surface area contributed by atoms with Crippen molar-refractivity contribution in [2.24, 2.45) is 11.8 Å². The Morgan fingerprint density at radius 1 is 0.954 bits per heavy atom. The zero-order valence-corrected chi connectivity index (χ0v) is 37.6. The van der Waals surface area contributed by atoms with E-state index in [2.05, 4.69) is 43.0 Å². The molecule has 65 heavy (non-hydrogen) atoms. The van der Waals surface area contributed by atoms with Crippen molar-refractivity contribution in [1.82, 2.24) is 30.1 Å². The summed E-state index contributed by atoms with van der Waals surface area (Å²) in [6.07, 6.45) is 16.9. The Bertz CT molecular complexity index is 2250. The summed E-state index contributed by atoms with van der Waals surface area (Å²) in [5.74, 6) is 0.793. The molecule has 1 unspecified atom stereocenters. The van der Waals surface area contributed by atoms with Crippen molar-refractivity contribution in [3.05, 3.63) is 102 Å². The number of nitrogens with zero attached hydrogens (tertiary/aromatic N) is 6. The predicted octanol–water partition coefficient (Wildman–Crippen LogP) is 7.24. The average molecular weight is 896 g/mol. The molecule has 3 N–H and O–H groups in total. The van der Waals surface area contributed by atoms with Gasteiger partial charge in [0, 0.05) is 81.5 Å². The monoisotopic (exact) mass is 895 g/mol. The summed E-state index contributed by atoms with van der Waals surface area (Å²) < 4.78 is 33.1. The molecule has 1 aliphatic carbocycles. The summed E-state index contributed by atoms with van der Waals surface area (Å²) in [6.45, 7) is 9.46. The van der Waals surface area contributed by atoms with E-state index in [1.807, 2.05) is 24.1 Å². The smallest absolute Gasteiger partial charge is 0.298 e. The van der Waals surface area contributed by atoms with Gasteiger partial charge in [0.1, 0.15) is 11.7 Å². The molecular weight excluding hydrogens is 833 g/mol. The van der Waals surface area contributed by atoms with Gasteiger partial charge in [0.25, 0.3) is 18.0 Å². The van der Waals surface area contributed by atoms with Gasteiger partial charge in [-0.15, -0.1) is 11.1 Å². The number of pyridine rings is 1. The molecule has 7 rings (SSSR count). The van der Waals surface area contributed by atoms with E-state index in [0.717, 1.165) is 83.1 Å². The molecule has 16 heteroatoms. The predicted molar refractivity (Wildman–Crippen MR) is 250 cm³/mol. The molecular formula is C49H63F2N9O5. The molecule has 4 heterocycles. The summed E-state index contributed by atoms with van der Waals surface area (Å²) in [5, 5.41) is 6.04. The van der Waals surface area contributed by atoms with Crippen LogP contribution in [0.15, 0.2) is 90.5 Å². The van der Waals surface area contributed by atoms with Crippen LogP contribution in [0.25, 0.3) is 16.9 Å². The number of likely N-dealkylation sites (N-methyl/N-ethyl adjacent to an activating group) is 2. The van der Waals surface area contributed by atoms with Gasteiger partial charge in [0.2, 0.25) is 11.8 Å². The van der Waals surface area contributed by atoms with Gasteiger partial charge in [0.05, 0.1) is 11.9 Å². The Kier molecular flexibility index (Phi) is 18.0. The third kappa shape index (κ3) is 13.4. The lowest BCUT2D eigenvalue weighted by Crippen LogP contribution is -2.44. The maximum atomic E-state index is 13.9. The van der Waals surface area contributed by atoms with Crippen molar-refractivity contribution in [1.29, 1.82) is 0 Å². The normalized spacial score (nSPS) is 16.6. The molecule has 0 bridgehead atoms. The first kappa shape index (κ1) is 48.3. The zero-order chi connectivity index (χ0) is 46.1. The van der Waals surface area contributed by atoms with Crippen LogP contribution in [-0.2, 0) is 14.4 Å². The van der Waals surface area contributed by atoms with E-state index in [1.165, 1.54) is 35.4 Å². The highest BCUT2D eigenvalue weighted by molar-refractivity contribution is 5.86. The highest BCUT2D eigenvalue weighted by Gasteiger charge is 2.28. The van der Waals surface area contributed by atoms with Gasteiger partial charge in [-0.1, -0.05) is 43.5 Å². The molecule has 2 aromatic heterocycles. The number of carbonyl (C=O) groups is 3. The zero-order valence-electron chi connectivity index (χ0n) is 37.6. The Morgan fingerprint density at radius 3 is 2.40 bits per heavy atom. The largest absolute Gasteiger partial charge is 0.426 e. The third-order valence-electron chi connectivity index (χ3n) is 12.9. The SMILES string of the molecule is C=CCCC(C(=O)NC)N(C)c1ccc(N2CCC(CN3CCC(CC(=O)NC4CCCCC4)CC3)CC2)cc1OC=O.O=c1ccccn1-c1cccc(-c2nc(NF)ncc2F)c1. The molecule has 1 atom stereocenters. The minimum absolute atomic E-state index is 0.0546. The number of nitrogens with one attached hydrogen (secondary N) is 3. The van der Waals surface area contributed by atoms with Crippen LogP contribution in [0.2, 0.25) is 0 Å². The van der Waals surface area contributed by atoms with Crippen LogP contribution in [0.1, 0.15) is 77.0 Å². The van der Waals surface area contributed by atoms with E-state index in [-0.39, 0.29) is 29.0 Å². The average Bonchev–Trinajstić information content (AvgIpc) is 3.33. The number of benzene rings is 2. The number of piperidine rings is 2. The van der Waals surface area contributed by atoms with Gasteiger partial charge in [0.15, 0.2) is 11.6 Å². The van der Waals surface area contributed by atoms with Crippen LogP contribution in [0.5, 0.6) is 5.75 Å². The van der Waals surface area contributed by atoms with Crippen LogP contribution in [0, 0.1) is 17.7 Å². The fourth-order valence-electron chi connectivity index (χ4n) is 9.21. The lowest BCUT2D eigenvalue weighted by atomic mass is 9.90. The molecule has 0 radical (unpaired) electrons. The number of aromatic nitrogens is 3. The second-order valence-electron chi connectivity index (χ2n) is 17.2. The van der Waals surface area contributed by atoms with Gasteiger partial charge in [-0.05, 0) is 107 Å². The molecule has 2 saturated heterocycles. The van der Waals surface area contributed by atoms with Gasteiger partial charge in [-0.3, -0.25) is 23.7 Å². The molecule has 14 nitrogen and oxygen atoms in total. The van der Waals surface area contributed by atoms with Crippen LogP contribution in [0.3, 0.4) is 0 Å². The van der Waals surface area contributed by atoms with Crippen molar-refractivity contribution in [2.75, 3.05) is 62.2 Å². The lowest BCUT2D eigenvalue weighted by Gasteiger charge is -2.38. The quantitative estimate of drug-likeness (QED) is 0.0559. The number of hydrogen-bond acceptors (Lipinski definition) is 11. The molecule has 0 spiro atoms. The summed E-state index contributed by atoms with van der Waals surface area (Å²) in [6, 6.07) is 17.3. The van der Waals surface area contributed by atoms with Crippen LogP contribution in [0.4, 0.5) is 26.2 Å². The van der Waals surface area contributed by atoms with E-state index in [1.54, 1.807) is 55.7 Å². The molecule has 4 aromatic rings. The number of allylic oxidation sites excluding steroid dienone is 1. The van der Waals surface area contributed by atoms with E-state index < -0.39 is 11.9 Å². The number of likely N-dealkylation sites (tertiary alicyclic amines) is 1. The number of ether oxygens (including phenoxy) is 1. The minimum atomic E-state index is -0.684. The van der Waals surface area contributed by atoms with Crippen LogP contribution < -0.4 is 36.3 Å². The molecule has 3 fully saturated rings. The van der Waals surface area contributed by atoms with Crippen LogP contribution in [-0.4, -0.2) is 96.6 Å². The van der Waals surface area contributed by atoms with Gasteiger partial charge >= 0.3 is 0 Å². The number of halogens is 2. The minimum Gasteiger partial charge on any atom is -0.426 e. The molecule has 2 aliphatic heterocycles. The van der Waals surface area contributed by atoms with E-state index in [4.69, 9.17) is 4.74 Å². The van der Waals surface area contributed by atoms with Crippen molar-refractivity contribution in [3.63, 3.8) is 0 Å². The first-order chi connectivity index (χ1) is 31.6. The van der Waals surface area contributed by atoms with Crippen molar-refractivity contribution < 1.29 is 28.0 Å². The topological polar surface area (TPSA) is 154 Å². The Balaban J connectivity index is 0.000000265. The van der Waals surface area contributed by atoms with E-state index >= 15 is 0 Å². The van der Waals surface area contributed by atoms with Crippen LogP contribution >= 0.6 is 0 Å². The standard InChI is InChI=1S/C34H53N5O4.C15H10F2N4O/c1-4-5-11-31(34(42)35-2)37(3)30-13-12-29(23-32(30)43-25-40)39-20-16-27(17-21-39)24-38-18-14-26(15-19-38)22-33(41)36-28-9-7-6-8-10-28;16-12-9-18-15(20-17)19-14(12)10-4-3-5-11(8-10)21-7-2-1-6-13(21)22/h4,12-13,23,25-28,31H,1,5-11,14-22,24H2,2-3H3,(H,35,42)(H,36,41);1-9H,(H,18,19,20). The highest BCUT2D eigenvalue weighted by atomic mass is 19.2. The molecule has 3 aliphatic rings. The third-order valence-corrected chi connectivity index (χ3v) is 12.9. The Hall–Kier alpha value is -6.16.